The van der Waals surface area contributed by atoms with Crippen LogP contribution in [0.5, 0.6) is 11.5 Å². The highest BCUT2D eigenvalue weighted by atomic mass is 16.5. The molecule has 3 rings (SSSR count). The Hall–Kier alpha value is -3.75. The van der Waals surface area contributed by atoms with Gasteiger partial charge in [0.05, 0.1) is 19.0 Å². The molecule has 9 nitrogen and oxygen atoms in total. The average molecular weight is 371 g/mol. The minimum atomic E-state index is -1.20. The number of carboxylic acid groups (broad SMARTS) is 1. The number of ether oxygens (including phenoxy) is 2. The molecular weight excluding hydrogens is 354 g/mol. The van der Waals surface area contributed by atoms with Crippen molar-refractivity contribution in [3.63, 3.8) is 0 Å². The molecule has 0 saturated carbocycles. The Morgan fingerprint density at radius 2 is 1.89 bits per heavy atom. The molecule has 0 radical (unpaired) electrons. The maximum absolute atomic E-state index is 12.3. The second-order valence-corrected chi connectivity index (χ2v) is 5.52. The lowest BCUT2D eigenvalue weighted by atomic mass is 10.3. The van der Waals surface area contributed by atoms with Gasteiger partial charge in [-0.3, -0.25) is 9.48 Å². The van der Waals surface area contributed by atoms with Crippen LogP contribution >= 0.6 is 0 Å². The van der Waals surface area contributed by atoms with Crippen molar-refractivity contribution < 1.29 is 28.6 Å². The normalized spacial score (nSPS) is 10.4. The highest BCUT2D eigenvalue weighted by Gasteiger charge is 2.20. The van der Waals surface area contributed by atoms with Gasteiger partial charge in [0.1, 0.15) is 23.9 Å². The summed E-state index contributed by atoms with van der Waals surface area (Å²) in [5.41, 5.74) is -0.0413. The number of hydrogen-bond acceptors (Lipinski definition) is 6. The molecule has 0 spiro atoms. The summed E-state index contributed by atoms with van der Waals surface area (Å²) in [5.74, 6) is 0.0405. The van der Waals surface area contributed by atoms with Crippen molar-refractivity contribution in [1.82, 2.24) is 9.78 Å². The lowest BCUT2D eigenvalue weighted by molar-refractivity contribution is 0.0686. The Labute approximate surface area is 154 Å². The number of carboxylic acids is 1. The first kappa shape index (κ1) is 18.1. The van der Waals surface area contributed by atoms with Gasteiger partial charge in [0.2, 0.25) is 0 Å². The number of aromatic carboxylic acids is 1. The first-order valence-corrected chi connectivity index (χ1v) is 7.90. The van der Waals surface area contributed by atoms with E-state index in [4.69, 9.17) is 13.9 Å². The molecule has 0 fully saturated rings. The first-order valence-electron chi connectivity index (χ1n) is 7.90. The van der Waals surface area contributed by atoms with E-state index in [0.29, 0.717) is 11.5 Å². The molecule has 0 unspecified atom stereocenters. The van der Waals surface area contributed by atoms with Crippen molar-refractivity contribution in [3.05, 3.63) is 59.8 Å². The summed E-state index contributed by atoms with van der Waals surface area (Å²) in [6, 6.07) is 10.1. The summed E-state index contributed by atoms with van der Waals surface area (Å²) in [6.07, 6.45) is 1.26. The molecule has 27 heavy (non-hydrogen) atoms. The summed E-state index contributed by atoms with van der Waals surface area (Å²) >= 11 is 0. The number of aromatic nitrogens is 2. The number of furan rings is 1. The molecule has 0 bridgehead atoms. The monoisotopic (exact) mass is 371 g/mol. The van der Waals surface area contributed by atoms with Crippen molar-refractivity contribution >= 4 is 17.6 Å². The molecule has 0 aliphatic rings. The second-order valence-electron chi connectivity index (χ2n) is 5.52. The van der Waals surface area contributed by atoms with Crippen LogP contribution in [-0.2, 0) is 13.7 Å². The summed E-state index contributed by atoms with van der Waals surface area (Å²) in [6.45, 7) is 0.132. The molecule has 0 aliphatic heterocycles. The van der Waals surface area contributed by atoms with Crippen molar-refractivity contribution in [2.45, 2.75) is 6.61 Å². The third-order valence-electron chi connectivity index (χ3n) is 3.72. The highest BCUT2D eigenvalue weighted by molar-refractivity contribution is 6.05. The Bertz CT molecular complexity index is 958. The number of carbonyl (C=O) groups excluding carboxylic acids is 1. The predicted molar refractivity (Wildman–Crippen MR) is 94.2 cm³/mol. The van der Waals surface area contributed by atoms with Crippen LogP contribution in [0.4, 0.5) is 5.69 Å². The summed E-state index contributed by atoms with van der Waals surface area (Å²) in [4.78, 5) is 23.5. The van der Waals surface area contributed by atoms with Gasteiger partial charge in [-0.05, 0) is 36.4 Å². The third kappa shape index (κ3) is 4.09. The molecule has 1 aromatic carbocycles. The summed E-state index contributed by atoms with van der Waals surface area (Å²) in [7, 11) is 3.05. The second kappa shape index (κ2) is 7.65. The summed E-state index contributed by atoms with van der Waals surface area (Å²) in [5, 5.41) is 15.5. The number of nitrogens with zero attached hydrogens (tertiary/aromatic N) is 2. The SMILES string of the molecule is COc1ccc(OCc2ccc(C(=O)Nc3cnn(C)c3C(=O)O)o2)cc1. The number of anilines is 1. The van der Waals surface area contributed by atoms with E-state index in [0.717, 1.165) is 10.4 Å². The van der Waals surface area contributed by atoms with E-state index in [1.165, 1.54) is 19.3 Å². The van der Waals surface area contributed by atoms with Gasteiger partial charge in [-0.15, -0.1) is 0 Å². The number of aryl methyl sites for hydroxylation is 1. The van der Waals surface area contributed by atoms with Gasteiger partial charge in [-0.1, -0.05) is 0 Å². The molecule has 9 heteroatoms. The molecule has 1 amide bonds. The van der Waals surface area contributed by atoms with E-state index in [2.05, 4.69) is 10.4 Å². The average Bonchev–Trinajstić information content (AvgIpc) is 3.27. The van der Waals surface area contributed by atoms with Crippen LogP contribution in [0.25, 0.3) is 0 Å². The summed E-state index contributed by atoms with van der Waals surface area (Å²) < 4.78 is 17.3. The zero-order valence-electron chi connectivity index (χ0n) is 14.6. The van der Waals surface area contributed by atoms with Gasteiger partial charge >= 0.3 is 5.97 Å². The molecule has 0 aliphatic carbocycles. The zero-order valence-corrected chi connectivity index (χ0v) is 14.6. The largest absolute Gasteiger partial charge is 0.497 e. The van der Waals surface area contributed by atoms with E-state index in [1.807, 2.05) is 0 Å². The molecular formula is C18H17N3O6. The van der Waals surface area contributed by atoms with Crippen molar-refractivity contribution in [3.8, 4) is 11.5 Å². The molecule has 2 heterocycles. The van der Waals surface area contributed by atoms with Crippen LogP contribution in [0.2, 0.25) is 0 Å². The molecule has 2 aromatic heterocycles. The van der Waals surface area contributed by atoms with Crippen LogP contribution in [0, 0.1) is 0 Å². The number of amides is 1. The topological polar surface area (TPSA) is 116 Å². The zero-order chi connectivity index (χ0) is 19.4. The molecule has 140 valence electrons. The van der Waals surface area contributed by atoms with Gasteiger partial charge < -0.3 is 24.3 Å². The van der Waals surface area contributed by atoms with Crippen LogP contribution in [0.3, 0.4) is 0 Å². The number of benzene rings is 1. The number of carbonyl (C=O) groups is 2. The third-order valence-corrected chi connectivity index (χ3v) is 3.72. The first-order chi connectivity index (χ1) is 13.0. The predicted octanol–water partition coefficient (Wildman–Crippen LogP) is 2.55. The maximum atomic E-state index is 12.3. The van der Waals surface area contributed by atoms with E-state index in [1.54, 1.807) is 37.4 Å². The Morgan fingerprint density at radius 1 is 1.19 bits per heavy atom. The Kier molecular flexibility index (Phi) is 5.11. The van der Waals surface area contributed by atoms with E-state index in [9.17, 15) is 14.7 Å². The molecule has 0 atom stereocenters. The fourth-order valence-electron chi connectivity index (χ4n) is 2.37. The minimum absolute atomic E-state index is 0.0310. The standard InChI is InChI=1S/C18H17N3O6/c1-21-16(18(23)24)14(9-19-21)20-17(22)15-8-7-13(27-15)10-26-12-5-3-11(25-2)4-6-12/h3-9H,10H2,1-2H3,(H,20,22)(H,23,24). The van der Waals surface area contributed by atoms with Crippen LogP contribution in [0.1, 0.15) is 26.8 Å². The van der Waals surface area contributed by atoms with Crippen LogP contribution in [0.15, 0.2) is 47.0 Å². The highest BCUT2D eigenvalue weighted by Crippen LogP contribution is 2.20. The van der Waals surface area contributed by atoms with Gasteiger partial charge in [0.15, 0.2) is 11.5 Å². The van der Waals surface area contributed by atoms with Crippen molar-refractivity contribution in [2.24, 2.45) is 7.05 Å². The minimum Gasteiger partial charge on any atom is -0.497 e. The number of methoxy groups -OCH3 is 1. The Morgan fingerprint density at radius 3 is 2.56 bits per heavy atom. The molecule has 3 aromatic rings. The van der Waals surface area contributed by atoms with Crippen molar-refractivity contribution in [1.29, 1.82) is 0 Å². The van der Waals surface area contributed by atoms with Crippen LogP contribution in [-0.4, -0.2) is 33.9 Å². The van der Waals surface area contributed by atoms with Gasteiger partial charge in [0.25, 0.3) is 5.91 Å². The van der Waals surface area contributed by atoms with E-state index < -0.39 is 11.9 Å². The Balaban J connectivity index is 1.63. The lowest BCUT2D eigenvalue weighted by Gasteiger charge is -2.05. The van der Waals surface area contributed by atoms with Crippen molar-refractivity contribution in [2.75, 3.05) is 12.4 Å². The quantitative estimate of drug-likeness (QED) is 0.655. The van der Waals surface area contributed by atoms with Crippen LogP contribution < -0.4 is 14.8 Å². The lowest BCUT2D eigenvalue weighted by Crippen LogP contribution is -2.15. The van der Waals surface area contributed by atoms with E-state index >= 15 is 0 Å². The van der Waals surface area contributed by atoms with E-state index in [-0.39, 0.29) is 23.7 Å². The van der Waals surface area contributed by atoms with Gasteiger partial charge in [0, 0.05) is 7.05 Å². The molecule has 0 saturated heterocycles. The van der Waals surface area contributed by atoms with Gasteiger partial charge in [-0.2, -0.15) is 5.10 Å². The number of hydrogen-bond donors (Lipinski definition) is 2. The smallest absolute Gasteiger partial charge is 0.356 e. The fraction of sp³-hybridized carbons (Fsp3) is 0.167. The number of nitrogens with one attached hydrogen (secondary N) is 1. The maximum Gasteiger partial charge on any atom is 0.356 e. The molecule has 2 N–H and O–H groups in total. The van der Waals surface area contributed by atoms with Gasteiger partial charge in [-0.25, -0.2) is 4.79 Å². The fourth-order valence-corrected chi connectivity index (χ4v) is 2.37. The number of rotatable bonds is 7.